The van der Waals surface area contributed by atoms with Gasteiger partial charge in [0.2, 0.25) is 0 Å². The minimum Gasteiger partial charge on any atom is -0.496 e. The molecule has 0 bridgehead atoms. The lowest BCUT2D eigenvalue weighted by molar-refractivity contribution is 0.103. The number of anilines is 1. The molecule has 0 aromatic heterocycles. The van der Waals surface area contributed by atoms with Gasteiger partial charge in [0, 0.05) is 17.8 Å². The number of rotatable bonds is 3. The second kappa shape index (κ2) is 5.56. The summed E-state index contributed by atoms with van der Waals surface area (Å²) in [7, 11) is 1.47. The normalized spacial score (nSPS) is 13.2. The Hall–Kier alpha value is -2.36. The van der Waals surface area contributed by atoms with Crippen molar-refractivity contribution >= 4 is 11.5 Å². The zero-order valence-electron chi connectivity index (χ0n) is 11.8. The van der Waals surface area contributed by atoms with E-state index in [0.29, 0.717) is 11.3 Å². The van der Waals surface area contributed by atoms with Crippen LogP contribution in [0.1, 0.15) is 27.9 Å². The third-order valence-electron chi connectivity index (χ3n) is 3.71. The Labute approximate surface area is 122 Å². The number of carbonyl (C=O) groups excluding carboxylic acids is 1. The second-order valence-electron chi connectivity index (χ2n) is 5.08. The van der Waals surface area contributed by atoms with Crippen molar-refractivity contribution in [1.29, 1.82) is 0 Å². The Morgan fingerprint density at radius 3 is 2.90 bits per heavy atom. The van der Waals surface area contributed by atoms with Gasteiger partial charge in [0.05, 0.1) is 12.7 Å². The average molecular weight is 285 g/mol. The highest BCUT2D eigenvalue weighted by Crippen LogP contribution is 2.27. The number of benzene rings is 2. The predicted octanol–water partition coefficient (Wildman–Crippen LogP) is 3.42. The third-order valence-corrected chi connectivity index (χ3v) is 3.71. The molecular weight excluding hydrogens is 269 g/mol. The highest BCUT2D eigenvalue weighted by molar-refractivity contribution is 6.11. The summed E-state index contributed by atoms with van der Waals surface area (Å²) in [6, 6.07) is 9.54. The Bertz CT molecular complexity index is 697. The number of ketones is 1. The molecule has 4 heteroatoms. The van der Waals surface area contributed by atoms with Crippen LogP contribution in [-0.4, -0.2) is 19.4 Å². The minimum absolute atomic E-state index is 0.222. The van der Waals surface area contributed by atoms with Gasteiger partial charge in [-0.15, -0.1) is 0 Å². The first-order chi connectivity index (χ1) is 10.2. The number of aryl methyl sites for hydroxylation is 1. The zero-order chi connectivity index (χ0) is 14.8. The predicted molar refractivity (Wildman–Crippen MR) is 79.6 cm³/mol. The van der Waals surface area contributed by atoms with Crippen LogP contribution in [0.25, 0.3) is 0 Å². The molecule has 0 saturated carbocycles. The van der Waals surface area contributed by atoms with Crippen molar-refractivity contribution in [3.05, 3.63) is 58.9 Å². The van der Waals surface area contributed by atoms with Crippen molar-refractivity contribution in [2.24, 2.45) is 0 Å². The fourth-order valence-corrected chi connectivity index (χ4v) is 2.63. The molecule has 2 aromatic rings. The van der Waals surface area contributed by atoms with E-state index in [4.69, 9.17) is 4.74 Å². The van der Waals surface area contributed by atoms with Gasteiger partial charge in [0.25, 0.3) is 0 Å². The van der Waals surface area contributed by atoms with Crippen LogP contribution in [0.2, 0.25) is 0 Å². The maximum atomic E-state index is 13.4. The largest absolute Gasteiger partial charge is 0.496 e. The molecule has 108 valence electrons. The molecule has 0 saturated heterocycles. The van der Waals surface area contributed by atoms with Crippen LogP contribution in [0.4, 0.5) is 10.1 Å². The topological polar surface area (TPSA) is 38.3 Å². The van der Waals surface area contributed by atoms with Crippen LogP contribution in [0.5, 0.6) is 5.75 Å². The molecule has 0 unspecified atom stereocenters. The van der Waals surface area contributed by atoms with Gasteiger partial charge in [-0.3, -0.25) is 4.79 Å². The Kier molecular flexibility index (Phi) is 3.60. The summed E-state index contributed by atoms with van der Waals surface area (Å²) in [6.45, 7) is 0.956. The van der Waals surface area contributed by atoms with Crippen molar-refractivity contribution in [1.82, 2.24) is 0 Å². The summed E-state index contributed by atoms with van der Waals surface area (Å²) < 4.78 is 18.6. The number of carbonyl (C=O) groups is 1. The number of halogens is 1. The highest BCUT2D eigenvalue weighted by Gasteiger charge is 2.17. The van der Waals surface area contributed by atoms with Crippen molar-refractivity contribution in [3.8, 4) is 5.75 Å². The van der Waals surface area contributed by atoms with Crippen LogP contribution in [0.15, 0.2) is 36.4 Å². The summed E-state index contributed by atoms with van der Waals surface area (Å²) in [5.74, 6) is -0.282. The van der Waals surface area contributed by atoms with E-state index in [1.807, 2.05) is 12.1 Å². The monoisotopic (exact) mass is 285 g/mol. The summed E-state index contributed by atoms with van der Waals surface area (Å²) in [5, 5.41) is 3.30. The molecule has 0 spiro atoms. The van der Waals surface area contributed by atoms with Gasteiger partial charge >= 0.3 is 0 Å². The van der Waals surface area contributed by atoms with Gasteiger partial charge in [-0.1, -0.05) is 0 Å². The van der Waals surface area contributed by atoms with Gasteiger partial charge in [0.1, 0.15) is 11.6 Å². The summed E-state index contributed by atoms with van der Waals surface area (Å²) in [4.78, 5) is 12.6. The molecule has 0 fully saturated rings. The van der Waals surface area contributed by atoms with Crippen LogP contribution < -0.4 is 10.1 Å². The molecule has 3 nitrogen and oxygen atoms in total. The van der Waals surface area contributed by atoms with Crippen molar-refractivity contribution in [2.75, 3.05) is 19.0 Å². The zero-order valence-corrected chi connectivity index (χ0v) is 11.8. The molecule has 0 aliphatic carbocycles. The van der Waals surface area contributed by atoms with Gasteiger partial charge in [0.15, 0.2) is 5.78 Å². The van der Waals surface area contributed by atoms with E-state index in [1.165, 1.54) is 25.3 Å². The number of ether oxygens (including phenoxy) is 1. The van der Waals surface area contributed by atoms with E-state index in [1.54, 1.807) is 6.07 Å². The second-order valence-corrected chi connectivity index (χ2v) is 5.08. The molecule has 1 heterocycles. The lowest BCUT2D eigenvalue weighted by Gasteiger charge is -2.18. The van der Waals surface area contributed by atoms with Crippen molar-refractivity contribution in [3.63, 3.8) is 0 Å². The van der Waals surface area contributed by atoms with E-state index in [2.05, 4.69) is 5.32 Å². The van der Waals surface area contributed by atoms with Crippen LogP contribution in [0, 0.1) is 5.82 Å². The first kappa shape index (κ1) is 13.6. The van der Waals surface area contributed by atoms with Crippen LogP contribution in [-0.2, 0) is 6.42 Å². The Balaban J connectivity index is 2.00. The van der Waals surface area contributed by atoms with Crippen molar-refractivity contribution < 1.29 is 13.9 Å². The first-order valence-electron chi connectivity index (χ1n) is 6.94. The Morgan fingerprint density at radius 1 is 1.24 bits per heavy atom. The molecule has 3 rings (SSSR count). The third kappa shape index (κ3) is 2.61. The number of nitrogens with one attached hydrogen (secondary N) is 1. The molecule has 0 atom stereocenters. The summed E-state index contributed by atoms with van der Waals surface area (Å²) in [5.41, 5.74) is 3.01. The van der Waals surface area contributed by atoms with E-state index in [0.717, 1.165) is 30.6 Å². The molecule has 1 N–H and O–H groups in total. The lowest BCUT2D eigenvalue weighted by atomic mass is 9.96. The highest BCUT2D eigenvalue weighted by atomic mass is 19.1. The number of hydrogen-bond donors (Lipinski definition) is 1. The van der Waals surface area contributed by atoms with Crippen LogP contribution >= 0.6 is 0 Å². The van der Waals surface area contributed by atoms with E-state index in [-0.39, 0.29) is 11.3 Å². The lowest BCUT2D eigenvalue weighted by Crippen LogP contribution is -2.13. The van der Waals surface area contributed by atoms with Gasteiger partial charge in [-0.2, -0.15) is 0 Å². The smallest absolute Gasteiger partial charge is 0.196 e. The van der Waals surface area contributed by atoms with E-state index in [9.17, 15) is 9.18 Å². The number of hydrogen-bond acceptors (Lipinski definition) is 3. The van der Waals surface area contributed by atoms with Crippen LogP contribution in [0.3, 0.4) is 0 Å². The van der Waals surface area contributed by atoms with E-state index >= 15 is 0 Å². The maximum Gasteiger partial charge on any atom is 0.196 e. The van der Waals surface area contributed by atoms with E-state index < -0.39 is 5.82 Å². The van der Waals surface area contributed by atoms with Crippen molar-refractivity contribution in [2.45, 2.75) is 12.8 Å². The number of fused-ring (bicyclic) bond motifs is 1. The maximum absolute atomic E-state index is 13.4. The summed E-state index contributed by atoms with van der Waals surface area (Å²) >= 11 is 0. The standard InChI is InChI=1S/C17H16FNO2/c1-21-16-7-5-13(18)10-14(16)17(20)12-4-6-15-11(9-12)3-2-8-19-15/h4-7,9-10,19H,2-3,8H2,1H3. The quantitative estimate of drug-likeness (QED) is 0.878. The molecule has 0 radical (unpaired) electrons. The van der Waals surface area contributed by atoms with Gasteiger partial charge in [-0.25, -0.2) is 4.39 Å². The molecule has 1 aliphatic rings. The fraction of sp³-hybridized carbons (Fsp3) is 0.235. The molecule has 2 aromatic carbocycles. The fourth-order valence-electron chi connectivity index (χ4n) is 2.63. The Morgan fingerprint density at radius 2 is 2.10 bits per heavy atom. The average Bonchev–Trinajstić information content (AvgIpc) is 2.53. The minimum atomic E-state index is -0.446. The van der Waals surface area contributed by atoms with Gasteiger partial charge in [-0.05, 0) is 54.8 Å². The SMILES string of the molecule is COc1ccc(F)cc1C(=O)c1ccc2c(c1)CCCN2. The first-order valence-corrected chi connectivity index (χ1v) is 6.94. The molecule has 0 amide bonds. The molecular formula is C17H16FNO2. The number of methoxy groups -OCH3 is 1. The molecule has 21 heavy (non-hydrogen) atoms. The van der Waals surface area contributed by atoms with Gasteiger partial charge < -0.3 is 10.1 Å². The molecule has 1 aliphatic heterocycles. The summed E-state index contributed by atoms with van der Waals surface area (Å²) in [6.07, 6.45) is 2.00.